The minimum absolute atomic E-state index is 0.0265. The molecule has 3 fully saturated rings. The number of carbonyl (C=O) groups excluding carboxylic acids is 3. The molecule has 3 aliphatic rings. The zero-order valence-electron chi connectivity index (χ0n) is 22.4. The van der Waals surface area contributed by atoms with Crippen molar-refractivity contribution in [3.63, 3.8) is 0 Å². The summed E-state index contributed by atoms with van der Waals surface area (Å²) in [5, 5.41) is 14.3. The van der Waals surface area contributed by atoms with E-state index in [2.05, 4.69) is 5.32 Å². The number of hydrogen-bond acceptors (Lipinski definition) is 6. The van der Waals surface area contributed by atoms with Crippen LogP contribution in [0.4, 0.5) is 5.69 Å². The Hall–Kier alpha value is -2.97. The summed E-state index contributed by atoms with van der Waals surface area (Å²) in [6.45, 7) is 6.41. The Morgan fingerprint density at radius 3 is 2.61 bits per heavy atom. The third kappa shape index (κ3) is 4.18. The average Bonchev–Trinajstić information content (AvgIpc) is 3.40. The predicted octanol–water partition coefficient (Wildman–Crippen LogP) is 3.90. The van der Waals surface area contributed by atoms with Gasteiger partial charge in [0.1, 0.15) is 17.6 Å². The molecule has 0 aliphatic carbocycles. The van der Waals surface area contributed by atoms with Crippen LogP contribution < -0.4 is 5.32 Å². The normalized spacial score (nSPS) is 31.6. The van der Waals surface area contributed by atoms with E-state index in [-0.39, 0.29) is 30.9 Å². The van der Waals surface area contributed by atoms with E-state index >= 15 is 0 Å². The second kappa shape index (κ2) is 10.3. The van der Waals surface area contributed by atoms with Gasteiger partial charge in [0.15, 0.2) is 0 Å². The van der Waals surface area contributed by atoms with E-state index in [4.69, 9.17) is 14.6 Å². The monoisotopic (exact) mass is 522 g/mol. The zero-order valence-corrected chi connectivity index (χ0v) is 22.4. The molecule has 2 aromatic carbocycles. The number of likely N-dealkylation sites (tertiary alicyclic amines) is 1. The van der Waals surface area contributed by atoms with Crippen LogP contribution in [0.5, 0.6) is 0 Å². The third-order valence-electron chi connectivity index (χ3n) is 8.93. The van der Waals surface area contributed by atoms with Crippen molar-refractivity contribution in [1.82, 2.24) is 4.90 Å². The summed E-state index contributed by atoms with van der Waals surface area (Å²) in [6.07, 6.45) is 3.60. The molecule has 2 N–H and O–H groups in total. The highest BCUT2D eigenvalue weighted by Gasteiger charge is 2.80. The summed E-state index contributed by atoms with van der Waals surface area (Å²) in [5.74, 6) is -2.48. The molecule has 3 aliphatic heterocycles. The predicted molar refractivity (Wildman–Crippen MR) is 143 cm³/mol. The van der Waals surface area contributed by atoms with Gasteiger partial charge in [-0.15, -0.1) is 0 Å². The van der Waals surface area contributed by atoms with Gasteiger partial charge in [-0.05, 0) is 61.9 Å². The van der Waals surface area contributed by atoms with Crippen LogP contribution in [0.2, 0.25) is 0 Å². The third-order valence-corrected chi connectivity index (χ3v) is 8.93. The first kappa shape index (κ1) is 26.6. The van der Waals surface area contributed by atoms with Crippen LogP contribution in [-0.4, -0.2) is 64.8 Å². The summed E-state index contributed by atoms with van der Waals surface area (Å²) in [4.78, 5) is 42.9. The number of hydrogen-bond donors (Lipinski definition) is 2. The van der Waals surface area contributed by atoms with Crippen molar-refractivity contribution in [3.8, 4) is 0 Å². The zero-order chi connectivity index (χ0) is 27.1. The molecular formula is C30H38N2O6. The van der Waals surface area contributed by atoms with E-state index in [0.29, 0.717) is 31.5 Å². The first-order valence-corrected chi connectivity index (χ1v) is 13.8. The number of fused-ring (bicyclic) bond motifs is 2. The van der Waals surface area contributed by atoms with Crippen LogP contribution in [0.3, 0.4) is 0 Å². The maximum atomic E-state index is 14.0. The van der Waals surface area contributed by atoms with E-state index in [1.54, 1.807) is 11.8 Å². The van der Waals surface area contributed by atoms with E-state index in [9.17, 15) is 14.4 Å². The lowest BCUT2D eigenvalue weighted by Crippen LogP contribution is -2.54. The fraction of sp³-hybridized carbons (Fsp3) is 0.567. The van der Waals surface area contributed by atoms with Gasteiger partial charge >= 0.3 is 5.97 Å². The lowest BCUT2D eigenvalue weighted by molar-refractivity contribution is -0.160. The summed E-state index contributed by atoms with van der Waals surface area (Å²) >= 11 is 0. The Bertz CT molecular complexity index is 1230. The van der Waals surface area contributed by atoms with Crippen molar-refractivity contribution in [2.24, 2.45) is 17.8 Å². The molecule has 8 heteroatoms. The maximum absolute atomic E-state index is 14.0. The molecule has 8 nitrogen and oxygen atoms in total. The molecule has 2 amide bonds. The van der Waals surface area contributed by atoms with Gasteiger partial charge in [-0.25, -0.2) is 0 Å². The first-order valence-electron chi connectivity index (χ1n) is 13.8. The number of nitrogens with one attached hydrogen (secondary N) is 1. The highest BCUT2D eigenvalue weighted by molar-refractivity contribution is 6.04. The molecule has 0 aromatic heterocycles. The highest BCUT2D eigenvalue weighted by atomic mass is 16.6. The van der Waals surface area contributed by atoms with Gasteiger partial charge in [-0.2, -0.15) is 0 Å². The molecule has 2 aromatic rings. The molecule has 38 heavy (non-hydrogen) atoms. The molecule has 3 heterocycles. The molecule has 5 rings (SSSR count). The summed E-state index contributed by atoms with van der Waals surface area (Å²) < 4.78 is 12.1. The van der Waals surface area contributed by atoms with Gasteiger partial charge in [-0.3, -0.25) is 14.4 Å². The Balaban J connectivity index is 1.48. The van der Waals surface area contributed by atoms with Crippen LogP contribution in [0, 0.1) is 17.8 Å². The number of esters is 1. The van der Waals surface area contributed by atoms with E-state index < -0.39 is 35.0 Å². The Morgan fingerprint density at radius 2 is 1.87 bits per heavy atom. The van der Waals surface area contributed by atoms with Gasteiger partial charge in [-0.1, -0.05) is 50.1 Å². The number of aliphatic hydroxyl groups is 1. The van der Waals surface area contributed by atoms with Crippen molar-refractivity contribution in [2.75, 3.05) is 25.1 Å². The van der Waals surface area contributed by atoms with Crippen LogP contribution >= 0.6 is 0 Å². The number of nitrogens with zero attached hydrogens (tertiary/aromatic N) is 1. The minimum atomic E-state index is -1.09. The largest absolute Gasteiger partial charge is 0.466 e. The maximum Gasteiger partial charge on any atom is 0.312 e. The minimum Gasteiger partial charge on any atom is -0.466 e. The summed E-state index contributed by atoms with van der Waals surface area (Å²) in [7, 11) is 0. The first-order chi connectivity index (χ1) is 18.3. The van der Waals surface area contributed by atoms with E-state index in [0.717, 1.165) is 23.6 Å². The van der Waals surface area contributed by atoms with Crippen LogP contribution in [0.25, 0.3) is 10.8 Å². The standard InChI is InChI=1S/C30H38N2O6/c1-4-37-28(36)24-23-27(35)32(15-9-5-6-10-16-33)25(30(23)18-19(2)29(24,3)38-30)26(34)31-22-14-13-20-11-7-8-12-21(20)17-22/h7-8,11-14,17,19,23-25,33H,4-6,9-10,15-16,18H2,1-3H3,(H,31,34)/t19?,23-,24-,25?,29+,30?/m0/s1. The number of benzene rings is 2. The number of unbranched alkanes of at least 4 members (excludes halogenated alkanes) is 3. The number of anilines is 1. The molecule has 6 atom stereocenters. The second-order valence-electron chi connectivity index (χ2n) is 11.2. The lowest BCUT2D eigenvalue weighted by atomic mass is 9.62. The molecule has 3 saturated heterocycles. The van der Waals surface area contributed by atoms with Gasteiger partial charge < -0.3 is 24.8 Å². The topological polar surface area (TPSA) is 105 Å². The fourth-order valence-electron chi connectivity index (χ4n) is 7.10. The van der Waals surface area contributed by atoms with Crippen LogP contribution in [-0.2, 0) is 23.9 Å². The van der Waals surface area contributed by atoms with E-state index in [1.165, 1.54) is 0 Å². The smallest absolute Gasteiger partial charge is 0.312 e. The van der Waals surface area contributed by atoms with Gasteiger partial charge in [0.05, 0.1) is 18.1 Å². The molecular weight excluding hydrogens is 484 g/mol. The SMILES string of the molecule is CCOC(=O)[C@@H]1[C@H]2C(=O)N(CCCCCCO)C(C(=O)Nc3ccc4ccccc4c3)C23CC(C)[C@@]1(C)O3. The van der Waals surface area contributed by atoms with Gasteiger partial charge in [0, 0.05) is 18.8 Å². The second-order valence-corrected chi connectivity index (χ2v) is 11.2. The number of ether oxygens (including phenoxy) is 2. The molecule has 2 bridgehead atoms. The summed E-state index contributed by atoms with van der Waals surface area (Å²) in [5.41, 5.74) is -1.31. The number of carbonyl (C=O) groups is 3. The number of rotatable bonds is 10. The van der Waals surface area contributed by atoms with Crippen molar-refractivity contribution in [3.05, 3.63) is 42.5 Å². The average molecular weight is 523 g/mol. The Kier molecular flexibility index (Phi) is 7.22. The molecule has 1 spiro atoms. The highest BCUT2D eigenvalue weighted by Crippen LogP contribution is 2.65. The van der Waals surface area contributed by atoms with Crippen LogP contribution in [0.1, 0.15) is 52.9 Å². The number of amides is 2. The van der Waals surface area contributed by atoms with Crippen molar-refractivity contribution < 1.29 is 29.0 Å². The van der Waals surface area contributed by atoms with Crippen molar-refractivity contribution in [1.29, 1.82) is 0 Å². The Morgan fingerprint density at radius 1 is 1.13 bits per heavy atom. The van der Waals surface area contributed by atoms with Crippen LogP contribution in [0.15, 0.2) is 42.5 Å². The van der Waals surface area contributed by atoms with E-state index in [1.807, 2.05) is 56.3 Å². The van der Waals surface area contributed by atoms with Crippen molar-refractivity contribution >= 4 is 34.2 Å². The number of aliphatic hydroxyl groups excluding tert-OH is 1. The quantitative estimate of drug-likeness (QED) is 0.362. The molecule has 204 valence electrons. The Labute approximate surface area is 223 Å². The lowest BCUT2D eigenvalue weighted by Gasteiger charge is -2.35. The molecule has 0 radical (unpaired) electrons. The fourth-order valence-corrected chi connectivity index (χ4v) is 7.10. The van der Waals surface area contributed by atoms with Gasteiger partial charge in [0.25, 0.3) is 0 Å². The van der Waals surface area contributed by atoms with Gasteiger partial charge in [0.2, 0.25) is 11.8 Å². The molecule has 3 unspecified atom stereocenters. The van der Waals surface area contributed by atoms with Crippen molar-refractivity contribution in [2.45, 2.75) is 70.1 Å². The molecule has 0 saturated carbocycles. The summed E-state index contributed by atoms with van der Waals surface area (Å²) in [6, 6.07) is 12.8.